The van der Waals surface area contributed by atoms with Crippen molar-refractivity contribution in [2.75, 3.05) is 13.6 Å². The fourth-order valence-electron chi connectivity index (χ4n) is 2.74. The van der Waals surface area contributed by atoms with Gasteiger partial charge in [0.1, 0.15) is 11.9 Å². The summed E-state index contributed by atoms with van der Waals surface area (Å²) in [4.78, 5) is 18.7. The summed E-state index contributed by atoms with van der Waals surface area (Å²) in [7, 11) is 1.84. The normalized spacial score (nSPS) is 20.9. The maximum Gasteiger partial charge on any atom is 0.245 e. The van der Waals surface area contributed by atoms with E-state index in [0.29, 0.717) is 0 Å². The van der Waals surface area contributed by atoms with Gasteiger partial charge in [0, 0.05) is 17.2 Å². The van der Waals surface area contributed by atoms with Crippen molar-refractivity contribution in [2.24, 2.45) is 0 Å². The highest BCUT2D eigenvalue weighted by Gasteiger charge is 2.33. The second-order valence-corrected chi connectivity index (χ2v) is 7.05. The number of aromatic nitrogens is 2. The molecule has 0 spiro atoms. The third-order valence-corrected chi connectivity index (χ3v) is 4.61. The van der Waals surface area contributed by atoms with Gasteiger partial charge in [0.2, 0.25) is 5.91 Å². The lowest BCUT2D eigenvalue weighted by molar-refractivity contribution is -0.129. The molecule has 0 bridgehead atoms. The molecule has 0 radical (unpaired) electrons. The molecule has 2 atom stereocenters. The Morgan fingerprint density at radius 1 is 1.50 bits per heavy atom. The molecule has 1 aromatic heterocycles. The second-order valence-electron chi connectivity index (χ2n) is 5.15. The molecule has 20 heavy (non-hydrogen) atoms. The smallest absolute Gasteiger partial charge is 0.245 e. The Bertz CT molecular complexity index is 682. The highest BCUT2D eigenvalue weighted by atomic mass is 127. The van der Waals surface area contributed by atoms with Gasteiger partial charge in [0.25, 0.3) is 0 Å². The maximum atomic E-state index is 12.3. The predicted molar refractivity (Wildman–Crippen MR) is 88.0 cm³/mol. The number of hydrogen-bond donors (Lipinski definition) is 0. The molecule has 1 saturated heterocycles. The molecule has 1 aliphatic rings. The SMILES string of the molecule is CC(Cl)c1nc2cc(I)ccc2n1C1CCN(C)C1=O. The Morgan fingerprint density at radius 2 is 2.25 bits per heavy atom. The minimum absolute atomic E-state index is 0.140. The van der Waals surface area contributed by atoms with E-state index in [1.165, 1.54) is 0 Å². The van der Waals surface area contributed by atoms with E-state index in [2.05, 4.69) is 27.6 Å². The lowest BCUT2D eigenvalue weighted by atomic mass is 10.2. The van der Waals surface area contributed by atoms with Crippen molar-refractivity contribution in [3.8, 4) is 0 Å². The van der Waals surface area contributed by atoms with Crippen LogP contribution in [0, 0.1) is 3.57 Å². The highest BCUT2D eigenvalue weighted by Crippen LogP contribution is 2.33. The van der Waals surface area contributed by atoms with Crippen LogP contribution in [0.5, 0.6) is 0 Å². The molecule has 2 heterocycles. The van der Waals surface area contributed by atoms with Gasteiger partial charge < -0.3 is 9.47 Å². The quantitative estimate of drug-likeness (QED) is 0.570. The van der Waals surface area contributed by atoms with Gasteiger partial charge in [-0.25, -0.2) is 4.98 Å². The summed E-state index contributed by atoms with van der Waals surface area (Å²) in [6.07, 6.45) is 0.809. The molecule has 1 amide bonds. The highest BCUT2D eigenvalue weighted by molar-refractivity contribution is 14.1. The summed E-state index contributed by atoms with van der Waals surface area (Å²) >= 11 is 8.54. The van der Waals surface area contributed by atoms with Crippen molar-refractivity contribution in [1.29, 1.82) is 0 Å². The first-order valence-electron chi connectivity index (χ1n) is 6.55. The lowest BCUT2D eigenvalue weighted by Gasteiger charge is -2.16. The molecule has 0 saturated carbocycles. The van der Waals surface area contributed by atoms with Crippen molar-refractivity contribution >= 4 is 51.1 Å². The van der Waals surface area contributed by atoms with Gasteiger partial charge in [-0.05, 0) is 54.1 Å². The zero-order valence-corrected chi connectivity index (χ0v) is 14.2. The molecule has 0 N–H and O–H groups in total. The number of halogens is 2. The van der Waals surface area contributed by atoms with E-state index in [4.69, 9.17) is 11.6 Å². The van der Waals surface area contributed by atoms with Crippen LogP contribution in [0.15, 0.2) is 18.2 Å². The third kappa shape index (κ3) is 2.20. The van der Waals surface area contributed by atoms with Crippen LogP contribution in [0.3, 0.4) is 0 Å². The number of alkyl halides is 1. The van der Waals surface area contributed by atoms with Gasteiger partial charge in [0.05, 0.1) is 16.4 Å². The summed E-state index contributed by atoms with van der Waals surface area (Å²) in [5.41, 5.74) is 1.89. The molecule has 6 heteroatoms. The van der Waals surface area contributed by atoms with E-state index in [1.807, 2.05) is 36.7 Å². The van der Waals surface area contributed by atoms with Crippen molar-refractivity contribution in [3.05, 3.63) is 27.6 Å². The molecular weight excluding hydrogens is 389 g/mol. The van der Waals surface area contributed by atoms with Crippen molar-refractivity contribution < 1.29 is 4.79 Å². The molecule has 2 unspecified atom stereocenters. The van der Waals surface area contributed by atoms with Crippen LogP contribution in [0.4, 0.5) is 0 Å². The fourth-order valence-corrected chi connectivity index (χ4v) is 3.37. The van der Waals surface area contributed by atoms with Gasteiger partial charge in [-0.1, -0.05) is 0 Å². The number of rotatable bonds is 2. The molecule has 3 rings (SSSR count). The summed E-state index contributed by atoms with van der Waals surface area (Å²) in [5.74, 6) is 0.915. The fraction of sp³-hybridized carbons (Fsp3) is 0.429. The Hall–Kier alpha value is -0.820. The van der Waals surface area contributed by atoms with Gasteiger partial charge >= 0.3 is 0 Å². The van der Waals surface area contributed by atoms with Crippen LogP contribution >= 0.6 is 34.2 Å². The van der Waals surface area contributed by atoms with E-state index in [-0.39, 0.29) is 17.3 Å². The van der Waals surface area contributed by atoms with Gasteiger partial charge in [-0.3, -0.25) is 4.79 Å². The largest absolute Gasteiger partial charge is 0.344 e. The minimum Gasteiger partial charge on any atom is -0.344 e. The zero-order chi connectivity index (χ0) is 14.4. The van der Waals surface area contributed by atoms with Gasteiger partial charge in [-0.2, -0.15) is 0 Å². The number of fused-ring (bicyclic) bond motifs is 1. The molecule has 0 aliphatic carbocycles. The molecule has 106 valence electrons. The average Bonchev–Trinajstić information content (AvgIpc) is 2.91. The number of amides is 1. The van der Waals surface area contributed by atoms with Gasteiger partial charge in [-0.15, -0.1) is 11.6 Å². The zero-order valence-electron chi connectivity index (χ0n) is 11.3. The first-order chi connectivity index (χ1) is 9.49. The van der Waals surface area contributed by atoms with E-state index in [1.54, 1.807) is 4.90 Å². The number of hydrogen-bond acceptors (Lipinski definition) is 2. The van der Waals surface area contributed by atoms with E-state index in [0.717, 1.165) is 33.4 Å². The number of likely N-dealkylation sites (N-methyl/N-ethyl adjacent to an activating group) is 1. The third-order valence-electron chi connectivity index (χ3n) is 3.75. The number of likely N-dealkylation sites (tertiary alicyclic amines) is 1. The summed E-state index contributed by atoms with van der Waals surface area (Å²) in [6, 6.07) is 5.91. The molecule has 1 aromatic carbocycles. The van der Waals surface area contributed by atoms with Crippen molar-refractivity contribution in [3.63, 3.8) is 0 Å². The summed E-state index contributed by atoms with van der Waals surface area (Å²) in [5, 5.41) is -0.223. The van der Waals surface area contributed by atoms with Crippen LogP contribution < -0.4 is 0 Å². The van der Waals surface area contributed by atoms with Crippen LogP contribution in [0.2, 0.25) is 0 Å². The first-order valence-corrected chi connectivity index (χ1v) is 8.07. The molecule has 1 fully saturated rings. The number of imidazole rings is 1. The monoisotopic (exact) mass is 403 g/mol. The Morgan fingerprint density at radius 3 is 2.85 bits per heavy atom. The van der Waals surface area contributed by atoms with Crippen LogP contribution in [-0.4, -0.2) is 34.0 Å². The Balaban J connectivity index is 2.22. The number of benzene rings is 1. The Kier molecular flexibility index (Phi) is 3.66. The molecule has 2 aromatic rings. The molecule has 1 aliphatic heterocycles. The summed E-state index contributed by atoms with van der Waals surface area (Å²) < 4.78 is 3.15. The van der Waals surface area contributed by atoms with E-state index in [9.17, 15) is 4.79 Å². The number of carbonyl (C=O) groups is 1. The van der Waals surface area contributed by atoms with Crippen LogP contribution in [0.1, 0.15) is 30.6 Å². The van der Waals surface area contributed by atoms with Crippen molar-refractivity contribution in [1.82, 2.24) is 14.5 Å². The first kappa shape index (κ1) is 14.1. The maximum absolute atomic E-state index is 12.3. The molecular formula is C14H15ClIN3O. The van der Waals surface area contributed by atoms with Crippen LogP contribution in [0.25, 0.3) is 11.0 Å². The van der Waals surface area contributed by atoms with Crippen LogP contribution in [-0.2, 0) is 4.79 Å². The lowest BCUT2D eigenvalue weighted by Crippen LogP contribution is -2.25. The van der Waals surface area contributed by atoms with Crippen molar-refractivity contribution in [2.45, 2.75) is 24.8 Å². The standard InChI is InChI=1S/C14H15ClIN3O/c1-8(15)13-17-10-7-9(16)3-4-11(10)19(13)12-5-6-18(2)14(12)20/h3-4,7-8,12H,5-6H2,1-2H3. The van der Waals surface area contributed by atoms with Gasteiger partial charge in [0.15, 0.2) is 0 Å². The topological polar surface area (TPSA) is 38.1 Å². The van der Waals surface area contributed by atoms with E-state index >= 15 is 0 Å². The second kappa shape index (κ2) is 5.18. The Labute approximate surface area is 136 Å². The van der Waals surface area contributed by atoms with E-state index < -0.39 is 0 Å². The molecule has 4 nitrogen and oxygen atoms in total. The summed E-state index contributed by atoms with van der Waals surface area (Å²) in [6.45, 7) is 2.68. The number of carbonyl (C=O) groups excluding carboxylic acids is 1. The predicted octanol–water partition coefficient (Wildman–Crippen LogP) is 3.34. The average molecular weight is 404 g/mol. The minimum atomic E-state index is -0.223. The number of nitrogens with zero attached hydrogens (tertiary/aromatic N) is 3.